The number of hydrogen-bond acceptors (Lipinski definition) is 7. The van der Waals surface area contributed by atoms with Crippen LogP contribution in [0.1, 0.15) is 80.6 Å². The molecule has 3 aliphatic heterocycles. The topological polar surface area (TPSA) is 114 Å². The van der Waals surface area contributed by atoms with Crippen LogP contribution in [-0.4, -0.2) is 34.1 Å². The molecule has 1 aromatic heterocycles. The molecular weight excluding hydrogens is 506 g/mol. The van der Waals surface area contributed by atoms with Gasteiger partial charge in [0.2, 0.25) is 11.8 Å². The van der Waals surface area contributed by atoms with Crippen LogP contribution in [-0.2, 0) is 21.4 Å². The van der Waals surface area contributed by atoms with Crippen molar-refractivity contribution in [2.75, 3.05) is 5.32 Å². The number of ether oxygens (including phenoxy) is 1. The zero-order valence-electron chi connectivity index (χ0n) is 23.7. The van der Waals surface area contributed by atoms with E-state index in [1.165, 1.54) is 0 Å². The zero-order valence-corrected chi connectivity index (χ0v) is 23.7. The van der Waals surface area contributed by atoms with E-state index in [9.17, 15) is 14.7 Å². The summed E-state index contributed by atoms with van der Waals surface area (Å²) < 4.78 is 13.2. The number of aliphatic hydroxyl groups excluding tert-OH is 1. The molecule has 4 bridgehead atoms. The first-order chi connectivity index (χ1) is 19.1. The minimum absolute atomic E-state index is 0.0174. The maximum Gasteiger partial charge on any atom is 0.224 e. The summed E-state index contributed by atoms with van der Waals surface area (Å²) in [6, 6.07) is 13.6. The Morgan fingerprint density at radius 2 is 1.90 bits per heavy atom. The fourth-order valence-corrected chi connectivity index (χ4v) is 6.55. The van der Waals surface area contributed by atoms with Gasteiger partial charge in [-0.2, -0.15) is 0 Å². The number of nitrogens with zero attached hydrogens (tertiary/aromatic N) is 1. The molecule has 1 unspecified atom stereocenters. The molecular formula is C32H37N3O5. The molecule has 6 rings (SSSR count). The van der Waals surface area contributed by atoms with Crippen molar-refractivity contribution >= 4 is 17.4 Å². The van der Waals surface area contributed by atoms with Gasteiger partial charge in [-0.1, -0.05) is 58.0 Å². The molecule has 3 aromatic rings. The van der Waals surface area contributed by atoms with Crippen molar-refractivity contribution in [3.8, 4) is 5.75 Å². The predicted molar refractivity (Wildman–Crippen MR) is 150 cm³/mol. The minimum atomic E-state index is -1.09. The number of Topliss-reactive ketones (excluding diaryl/α,β-unsaturated/α-hetero) is 1. The van der Waals surface area contributed by atoms with Crippen LogP contribution >= 0.6 is 0 Å². The number of carbonyl (C=O) groups is 2. The van der Waals surface area contributed by atoms with Gasteiger partial charge in [0.1, 0.15) is 29.1 Å². The van der Waals surface area contributed by atoms with Gasteiger partial charge in [-0.05, 0) is 54.9 Å². The van der Waals surface area contributed by atoms with Crippen molar-refractivity contribution < 1.29 is 23.8 Å². The molecule has 8 nitrogen and oxygen atoms in total. The highest BCUT2D eigenvalue weighted by Crippen LogP contribution is 2.58. The monoisotopic (exact) mass is 543 g/mol. The summed E-state index contributed by atoms with van der Waals surface area (Å²) in [5, 5.41) is 17.2. The Balaban J connectivity index is 1.51. The molecule has 0 fully saturated rings. The summed E-state index contributed by atoms with van der Waals surface area (Å²) in [5.74, 6) is 0.803. The maximum atomic E-state index is 13.8. The van der Waals surface area contributed by atoms with Crippen LogP contribution in [0.2, 0.25) is 0 Å². The number of fused-ring (bicyclic) bond motifs is 4. The standard InChI is InChI=1S/C32H37N3O5/c1-16(2)12-24(36)25(37)15-20-13-19-10-11-26-22(14-19)32(21-8-6-7-9-23(21)34-31(32)39-26)28-18(5)33-30(40-28)27(17(3)4)35-29(20)38/h6-11,14,16-17,20,24,27,31,34,36H,12-13,15H2,1-5H3,(H,35,38)/t20-,24+,27+,31+,32?/m1/s1. The average Bonchev–Trinajstić information content (AvgIpc) is 3.53. The molecule has 0 saturated heterocycles. The Hall–Kier alpha value is -3.65. The van der Waals surface area contributed by atoms with Crippen LogP contribution in [0, 0.1) is 24.7 Å². The van der Waals surface area contributed by atoms with Gasteiger partial charge in [0, 0.05) is 23.6 Å². The summed E-state index contributed by atoms with van der Waals surface area (Å²) in [7, 11) is 0. The molecule has 3 N–H and O–H groups in total. The molecule has 3 aliphatic rings. The number of ketones is 1. The van der Waals surface area contributed by atoms with Crippen LogP contribution in [0.3, 0.4) is 0 Å². The molecule has 0 saturated carbocycles. The molecule has 40 heavy (non-hydrogen) atoms. The molecule has 0 aliphatic carbocycles. The number of benzene rings is 2. The predicted octanol–water partition coefficient (Wildman–Crippen LogP) is 4.81. The summed E-state index contributed by atoms with van der Waals surface area (Å²) >= 11 is 0. The number of para-hydroxylation sites is 1. The van der Waals surface area contributed by atoms with Crippen LogP contribution in [0.4, 0.5) is 5.69 Å². The van der Waals surface area contributed by atoms with E-state index in [-0.39, 0.29) is 29.9 Å². The number of anilines is 1. The van der Waals surface area contributed by atoms with Crippen molar-refractivity contribution in [3.05, 3.63) is 76.5 Å². The van der Waals surface area contributed by atoms with E-state index < -0.39 is 29.7 Å². The number of aryl methyl sites for hydroxylation is 1. The Morgan fingerprint density at radius 3 is 2.65 bits per heavy atom. The van der Waals surface area contributed by atoms with E-state index in [1.807, 2.05) is 65.0 Å². The fourth-order valence-electron chi connectivity index (χ4n) is 6.55. The Kier molecular flexibility index (Phi) is 6.49. The second-order valence-electron chi connectivity index (χ2n) is 12.2. The van der Waals surface area contributed by atoms with Crippen molar-refractivity contribution in [1.82, 2.24) is 10.3 Å². The minimum Gasteiger partial charge on any atom is -0.469 e. The average molecular weight is 544 g/mol. The highest BCUT2D eigenvalue weighted by atomic mass is 16.5. The van der Waals surface area contributed by atoms with E-state index in [1.54, 1.807) is 0 Å². The summed E-state index contributed by atoms with van der Waals surface area (Å²) in [6.45, 7) is 9.88. The van der Waals surface area contributed by atoms with E-state index >= 15 is 0 Å². The number of nitrogens with one attached hydrogen (secondary N) is 2. The van der Waals surface area contributed by atoms with E-state index in [0.717, 1.165) is 33.8 Å². The van der Waals surface area contributed by atoms with Crippen molar-refractivity contribution in [2.24, 2.45) is 17.8 Å². The van der Waals surface area contributed by atoms with Crippen molar-refractivity contribution in [3.63, 3.8) is 0 Å². The first-order valence-corrected chi connectivity index (χ1v) is 14.2. The van der Waals surface area contributed by atoms with E-state index in [4.69, 9.17) is 14.1 Å². The van der Waals surface area contributed by atoms with Crippen molar-refractivity contribution in [1.29, 1.82) is 0 Å². The Labute approximate surface area is 234 Å². The number of aliphatic hydroxyl groups is 1. The number of oxazole rings is 1. The fraction of sp³-hybridized carbons (Fsp3) is 0.469. The third-order valence-electron chi connectivity index (χ3n) is 8.51. The Bertz CT molecular complexity index is 1480. The van der Waals surface area contributed by atoms with Gasteiger partial charge in [0.05, 0.1) is 5.69 Å². The zero-order chi connectivity index (χ0) is 28.3. The number of carbonyl (C=O) groups excluding carboxylic acids is 2. The summed E-state index contributed by atoms with van der Waals surface area (Å²) in [4.78, 5) is 31.7. The molecule has 4 heterocycles. The maximum absolute atomic E-state index is 13.8. The first kappa shape index (κ1) is 26.6. The molecule has 1 amide bonds. The number of amides is 1. The van der Waals surface area contributed by atoms with E-state index in [2.05, 4.69) is 22.8 Å². The number of rotatable bonds is 6. The third-order valence-corrected chi connectivity index (χ3v) is 8.51. The SMILES string of the molecule is Cc1nc2oc1C13c4ccccc4N[C@H]1Oc1ccc(cc13)C[C@H](CC(=O)[C@@H](O)CC(C)C)C(=O)N[C@H]2C(C)C. The van der Waals surface area contributed by atoms with Gasteiger partial charge in [-0.25, -0.2) is 4.98 Å². The van der Waals surface area contributed by atoms with Gasteiger partial charge in [-0.15, -0.1) is 0 Å². The molecule has 2 aromatic carbocycles. The molecule has 1 spiro atoms. The third kappa shape index (κ3) is 4.12. The van der Waals surface area contributed by atoms with Crippen LogP contribution in [0.5, 0.6) is 5.75 Å². The lowest BCUT2D eigenvalue weighted by molar-refractivity contribution is -0.134. The quantitative estimate of drug-likeness (QED) is 0.409. The highest BCUT2D eigenvalue weighted by Gasteiger charge is 2.60. The highest BCUT2D eigenvalue weighted by molar-refractivity contribution is 5.89. The smallest absolute Gasteiger partial charge is 0.224 e. The second-order valence-corrected chi connectivity index (χ2v) is 12.2. The molecule has 8 heteroatoms. The summed E-state index contributed by atoms with van der Waals surface area (Å²) in [6.07, 6.45) is -0.844. The first-order valence-electron chi connectivity index (χ1n) is 14.2. The normalized spacial score (nSPS) is 25.3. The number of hydrogen-bond donors (Lipinski definition) is 3. The van der Waals surface area contributed by atoms with Crippen molar-refractivity contribution in [2.45, 2.75) is 77.7 Å². The van der Waals surface area contributed by atoms with Crippen LogP contribution in [0.25, 0.3) is 0 Å². The van der Waals surface area contributed by atoms with Gasteiger partial charge in [0.25, 0.3) is 0 Å². The van der Waals surface area contributed by atoms with Gasteiger partial charge < -0.3 is 24.9 Å². The molecule has 5 atom stereocenters. The molecule has 0 radical (unpaired) electrons. The Morgan fingerprint density at radius 1 is 1.12 bits per heavy atom. The lowest BCUT2D eigenvalue weighted by Crippen LogP contribution is -2.41. The van der Waals surface area contributed by atoms with Gasteiger partial charge >= 0.3 is 0 Å². The summed E-state index contributed by atoms with van der Waals surface area (Å²) in [5.41, 5.74) is 3.86. The number of aromatic nitrogens is 1. The van der Waals surface area contributed by atoms with Crippen LogP contribution in [0.15, 0.2) is 46.9 Å². The van der Waals surface area contributed by atoms with Gasteiger partial charge in [-0.3, -0.25) is 9.59 Å². The van der Waals surface area contributed by atoms with Gasteiger partial charge in [0.15, 0.2) is 12.0 Å². The second kappa shape index (κ2) is 9.77. The largest absolute Gasteiger partial charge is 0.469 e. The molecule has 210 valence electrons. The lowest BCUT2D eigenvalue weighted by Gasteiger charge is -2.28. The van der Waals surface area contributed by atoms with E-state index in [0.29, 0.717) is 24.5 Å². The lowest BCUT2D eigenvalue weighted by atomic mass is 9.72. The van der Waals surface area contributed by atoms with Crippen LogP contribution < -0.4 is 15.4 Å².